The minimum absolute atomic E-state index is 0.00856. The topological polar surface area (TPSA) is 97.5 Å². The van der Waals surface area contributed by atoms with Gasteiger partial charge in [-0.3, -0.25) is 4.79 Å². The van der Waals surface area contributed by atoms with E-state index >= 15 is 0 Å². The number of benzene rings is 2. The summed E-state index contributed by atoms with van der Waals surface area (Å²) in [6, 6.07) is 14.9. The molecule has 1 fully saturated rings. The van der Waals surface area contributed by atoms with Gasteiger partial charge in [0.05, 0.1) is 12.3 Å². The molecule has 8 heteroatoms. The third kappa shape index (κ3) is 6.74. The zero-order valence-electron chi connectivity index (χ0n) is 20.3. The van der Waals surface area contributed by atoms with Gasteiger partial charge in [-0.05, 0) is 49.6 Å². The summed E-state index contributed by atoms with van der Waals surface area (Å²) in [5.41, 5.74) is 7.75. The van der Waals surface area contributed by atoms with Crippen molar-refractivity contribution in [3.63, 3.8) is 0 Å². The fourth-order valence-corrected chi connectivity index (χ4v) is 4.57. The molecule has 2 aliphatic rings. The maximum atomic E-state index is 12.5. The third-order valence-electron chi connectivity index (χ3n) is 6.59. The molecule has 8 nitrogen and oxygen atoms in total. The Labute approximate surface area is 206 Å². The van der Waals surface area contributed by atoms with Gasteiger partial charge in [0.25, 0.3) is 0 Å². The zero-order valence-corrected chi connectivity index (χ0v) is 20.3. The Balaban J connectivity index is 1.25. The van der Waals surface area contributed by atoms with Gasteiger partial charge in [0, 0.05) is 31.6 Å². The number of rotatable bonds is 9. The fourth-order valence-electron chi connectivity index (χ4n) is 4.57. The number of nitrogens with zero attached hydrogens (tertiary/aromatic N) is 3. The van der Waals surface area contributed by atoms with Crippen LogP contribution < -0.4 is 15.2 Å². The van der Waals surface area contributed by atoms with Crippen molar-refractivity contribution in [2.24, 2.45) is 10.7 Å². The summed E-state index contributed by atoms with van der Waals surface area (Å²) >= 11 is 0. The Hall–Kier alpha value is -3.55. The summed E-state index contributed by atoms with van der Waals surface area (Å²) in [6.45, 7) is 0.878. The third-order valence-corrected chi connectivity index (χ3v) is 6.59. The van der Waals surface area contributed by atoms with Crippen LogP contribution in [0.5, 0.6) is 11.5 Å². The number of aliphatic imine (C=N–C) groups is 1. The smallest absolute Gasteiger partial charge is 0.331 e. The highest BCUT2D eigenvalue weighted by atomic mass is 16.5. The van der Waals surface area contributed by atoms with Gasteiger partial charge in [0.15, 0.2) is 5.96 Å². The first-order valence-electron chi connectivity index (χ1n) is 12.4. The molecule has 1 aliphatic carbocycles. The van der Waals surface area contributed by atoms with Crippen LogP contribution in [0, 0.1) is 0 Å². The highest BCUT2D eigenvalue weighted by molar-refractivity contribution is 5.87. The number of guanidine groups is 1. The minimum Gasteiger partial charge on any atom is -0.494 e. The van der Waals surface area contributed by atoms with E-state index < -0.39 is 5.97 Å². The molecule has 1 saturated carbocycles. The number of para-hydroxylation sites is 1. The second-order valence-electron chi connectivity index (χ2n) is 9.15. The van der Waals surface area contributed by atoms with Crippen LogP contribution in [0.1, 0.15) is 50.5 Å². The summed E-state index contributed by atoms with van der Waals surface area (Å²) in [4.78, 5) is 32.9. The van der Waals surface area contributed by atoms with E-state index in [4.69, 9.17) is 15.2 Å². The van der Waals surface area contributed by atoms with Crippen molar-refractivity contribution >= 4 is 23.5 Å². The first kappa shape index (κ1) is 24.6. The Morgan fingerprint density at radius 1 is 1.09 bits per heavy atom. The molecule has 2 aromatic rings. The molecule has 35 heavy (non-hydrogen) atoms. The summed E-state index contributed by atoms with van der Waals surface area (Å²) in [6.07, 6.45) is 7.08. The molecule has 2 aromatic carbocycles. The molecule has 2 N–H and O–H groups in total. The van der Waals surface area contributed by atoms with Crippen molar-refractivity contribution in [2.75, 3.05) is 20.2 Å². The number of nitrogens with two attached hydrogens (primary N) is 1. The highest BCUT2D eigenvalue weighted by Crippen LogP contribution is 2.29. The van der Waals surface area contributed by atoms with Gasteiger partial charge in [-0.2, -0.15) is 0 Å². The molecule has 186 valence electrons. The molecule has 0 unspecified atom stereocenters. The molecule has 0 spiro atoms. The number of esters is 1. The molecule has 4 rings (SSSR count). The van der Waals surface area contributed by atoms with Crippen LogP contribution in [0.4, 0.5) is 5.69 Å². The Kier molecular flexibility index (Phi) is 8.23. The van der Waals surface area contributed by atoms with Gasteiger partial charge in [0.1, 0.15) is 18.0 Å². The number of fused-ring (bicyclic) bond motifs is 1. The molecule has 1 amide bonds. The first-order valence-corrected chi connectivity index (χ1v) is 12.4. The lowest BCUT2D eigenvalue weighted by Gasteiger charge is -2.31. The molecular formula is C27H34N4O4. The monoisotopic (exact) mass is 478 g/mol. The predicted octanol–water partition coefficient (Wildman–Crippen LogP) is 4.00. The van der Waals surface area contributed by atoms with Gasteiger partial charge >= 0.3 is 5.97 Å². The van der Waals surface area contributed by atoms with E-state index in [-0.39, 0.29) is 18.4 Å². The van der Waals surface area contributed by atoms with E-state index in [0.717, 1.165) is 24.1 Å². The lowest BCUT2D eigenvalue weighted by Crippen LogP contribution is -2.42. The van der Waals surface area contributed by atoms with Crippen molar-refractivity contribution in [3.05, 3.63) is 54.1 Å². The zero-order chi connectivity index (χ0) is 24.6. The van der Waals surface area contributed by atoms with Crippen molar-refractivity contribution in [2.45, 2.75) is 57.5 Å². The number of hydrogen-bond acceptors (Lipinski definition) is 7. The predicted molar refractivity (Wildman–Crippen MR) is 135 cm³/mol. The standard InChI is InChI=1S/C27H34N4O4/c1-30(21-9-4-2-5-10-21)25(32)13-8-16-34-23-14-15-24-20(17-23)18-31(27(28)29-24)19-26(33)35-22-11-6-3-7-12-22/h3,6-7,11-12,14-15,17,21H,2,4-5,8-10,13,16,18-19H2,1H3,(H2,28,29). The maximum Gasteiger partial charge on any atom is 0.331 e. The van der Waals surface area contributed by atoms with Gasteiger partial charge in [-0.15, -0.1) is 0 Å². The van der Waals surface area contributed by atoms with Gasteiger partial charge in [-0.25, -0.2) is 9.79 Å². The quantitative estimate of drug-likeness (QED) is 0.332. The molecule has 0 radical (unpaired) electrons. The van der Waals surface area contributed by atoms with Crippen LogP contribution in [0.15, 0.2) is 53.5 Å². The molecular weight excluding hydrogens is 444 g/mol. The number of carbonyl (C=O) groups is 2. The second-order valence-corrected chi connectivity index (χ2v) is 9.15. The van der Waals surface area contributed by atoms with E-state index in [2.05, 4.69) is 4.99 Å². The highest BCUT2D eigenvalue weighted by Gasteiger charge is 2.23. The SMILES string of the molecule is CN(C(=O)CCCOc1ccc2c(c1)CN(CC(=O)Oc1ccccc1)C(N)=N2)C1CCCCC1. The molecule has 0 atom stereocenters. The largest absolute Gasteiger partial charge is 0.494 e. The van der Waals surface area contributed by atoms with E-state index in [1.807, 2.05) is 48.3 Å². The van der Waals surface area contributed by atoms with E-state index in [9.17, 15) is 9.59 Å². The molecule has 0 aromatic heterocycles. The Morgan fingerprint density at radius 2 is 1.86 bits per heavy atom. The summed E-state index contributed by atoms with van der Waals surface area (Å²) < 4.78 is 11.3. The van der Waals surface area contributed by atoms with Gasteiger partial charge < -0.3 is 25.0 Å². The molecule has 0 bridgehead atoms. The second kappa shape index (κ2) is 11.7. The average molecular weight is 479 g/mol. The normalized spacial score (nSPS) is 15.7. The van der Waals surface area contributed by atoms with Crippen molar-refractivity contribution in [1.29, 1.82) is 0 Å². The van der Waals surface area contributed by atoms with Crippen LogP contribution in [-0.4, -0.2) is 53.9 Å². The van der Waals surface area contributed by atoms with Gasteiger partial charge in [0.2, 0.25) is 5.91 Å². The number of hydrogen-bond donors (Lipinski definition) is 1. The van der Waals surface area contributed by atoms with Gasteiger partial charge in [-0.1, -0.05) is 37.5 Å². The molecule has 0 saturated heterocycles. The van der Waals surface area contributed by atoms with Crippen molar-refractivity contribution in [3.8, 4) is 11.5 Å². The van der Waals surface area contributed by atoms with Crippen LogP contribution in [-0.2, 0) is 16.1 Å². The van der Waals surface area contributed by atoms with Crippen LogP contribution in [0.3, 0.4) is 0 Å². The summed E-state index contributed by atoms with van der Waals surface area (Å²) in [7, 11) is 1.93. The average Bonchev–Trinajstić information content (AvgIpc) is 2.87. The number of amides is 1. The summed E-state index contributed by atoms with van der Waals surface area (Å²) in [5, 5.41) is 0. The van der Waals surface area contributed by atoms with E-state index in [1.165, 1.54) is 19.3 Å². The number of ether oxygens (including phenoxy) is 2. The van der Waals surface area contributed by atoms with Crippen molar-refractivity contribution in [1.82, 2.24) is 9.80 Å². The fraction of sp³-hybridized carbons (Fsp3) is 0.444. The Morgan fingerprint density at radius 3 is 2.63 bits per heavy atom. The molecule has 1 heterocycles. The number of carbonyl (C=O) groups excluding carboxylic acids is 2. The lowest BCUT2D eigenvalue weighted by atomic mass is 9.94. The van der Waals surface area contributed by atoms with E-state index in [1.54, 1.807) is 17.0 Å². The molecule has 1 aliphatic heterocycles. The lowest BCUT2D eigenvalue weighted by molar-refractivity contribution is -0.135. The van der Waals surface area contributed by atoms with E-state index in [0.29, 0.717) is 43.5 Å². The van der Waals surface area contributed by atoms with Crippen molar-refractivity contribution < 1.29 is 19.1 Å². The maximum absolute atomic E-state index is 12.5. The Bertz CT molecular complexity index is 1050. The van der Waals surface area contributed by atoms with Crippen LogP contribution in [0.2, 0.25) is 0 Å². The first-order chi connectivity index (χ1) is 17.0. The minimum atomic E-state index is -0.409. The van der Waals surface area contributed by atoms with Crippen LogP contribution >= 0.6 is 0 Å². The van der Waals surface area contributed by atoms with Crippen LogP contribution in [0.25, 0.3) is 0 Å². The summed E-state index contributed by atoms with van der Waals surface area (Å²) in [5.74, 6) is 1.25.